The van der Waals surface area contributed by atoms with Crippen LogP contribution < -0.4 is 5.32 Å². The first-order valence-corrected chi connectivity index (χ1v) is 9.93. The van der Waals surface area contributed by atoms with Crippen LogP contribution >= 0.6 is 11.3 Å². The fourth-order valence-corrected chi connectivity index (χ4v) is 5.62. The Morgan fingerprint density at radius 2 is 2.20 bits per heavy atom. The number of pyridine rings is 1. The highest BCUT2D eigenvalue weighted by atomic mass is 32.1. The Bertz CT molecular complexity index is 785. The third kappa shape index (κ3) is 2.69. The van der Waals surface area contributed by atoms with E-state index in [0.717, 1.165) is 28.7 Å². The van der Waals surface area contributed by atoms with E-state index in [9.17, 15) is 4.79 Å². The molecule has 0 spiro atoms. The molecule has 1 N–H and O–H groups in total. The standard InChI is InChI=1S/C20H25N3OS/c1-19(2)13-7-8-20(19,3)16(10-13)23-17(24)11-14-12-25-18(22-14)15-6-4-5-9-21-15/h4-6,9,12-13,16H,7-8,10-11H2,1-3H3,(H,23,24). The zero-order valence-electron chi connectivity index (χ0n) is 15.1. The van der Waals surface area contributed by atoms with Crippen molar-refractivity contribution in [2.75, 3.05) is 0 Å². The molecular formula is C20H25N3OS. The Balaban J connectivity index is 1.42. The van der Waals surface area contributed by atoms with E-state index in [4.69, 9.17) is 0 Å². The lowest BCUT2D eigenvalue weighted by atomic mass is 9.69. The lowest BCUT2D eigenvalue weighted by Gasteiger charge is -2.39. The third-order valence-corrected chi connectivity index (χ3v) is 7.82. The minimum atomic E-state index is 0.0902. The summed E-state index contributed by atoms with van der Waals surface area (Å²) in [5, 5.41) is 6.15. The van der Waals surface area contributed by atoms with E-state index in [2.05, 4.69) is 36.1 Å². The fraction of sp³-hybridized carbons (Fsp3) is 0.550. The van der Waals surface area contributed by atoms with Crippen LogP contribution in [0, 0.1) is 16.7 Å². The molecule has 1 amide bonds. The van der Waals surface area contributed by atoms with Gasteiger partial charge in [0.1, 0.15) is 5.01 Å². The number of hydrogen-bond donors (Lipinski definition) is 1. The summed E-state index contributed by atoms with van der Waals surface area (Å²) >= 11 is 1.54. The molecular weight excluding hydrogens is 330 g/mol. The number of carbonyl (C=O) groups excluding carboxylic acids is 1. The minimum Gasteiger partial charge on any atom is -0.352 e. The van der Waals surface area contributed by atoms with Crippen molar-refractivity contribution in [3.05, 3.63) is 35.5 Å². The second-order valence-corrected chi connectivity index (χ2v) is 9.12. The highest BCUT2D eigenvalue weighted by Gasteiger charge is 2.61. The maximum atomic E-state index is 12.6. The molecule has 2 aromatic heterocycles. The van der Waals surface area contributed by atoms with Crippen LogP contribution in [0.4, 0.5) is 0 Å². The van der Waals surface area contributed by atoms with Crippen molar-refractivity contribution >= 4 is 17.2 Å². The smallest absolute Gasteiger partial charge is 0.226 e. The van der Waals surface area contributed by atoms with Gasteiger partial charge in [-0.15, -0.1) is 11.3 Å². The molecule has 4 rings (SSSR count). The number of fused-ring (bicyclic) bond motifs is 2. The van der Waals surface area contributed by atoms with Crippen molar-refractivity contribution in [3.8, 4) is 10.7 Å². The van der Waals surface area contributed by atoms with Crippen LogP contribution in [0.3, 0.4) is 0 Å². The quantitative estimate of drug-likeness (QED) is 0.899. The molecule has 0 aromatic carbocycles. The van der Waals surface area contributed by atoms with Crippen molar-refractivity contribution in [2.24, 2.45) is 16.7 Å². The molecule has 2 saturated carbocycles. The Hall–Kier alpha value is -1.75. The van der Waals surface area contributed by atoms with E-state index >= 15 is 0 Å². The van der Waals surface area contributed by atoms with E-state index < -0.39 is 0 Å². The second-order valence-electron chi connectivity index (χ2n) is 8.27. The van der Waals surface area contributed by atoms with Gasteiger partial charge in [-0.2, -0.15) is 0 Å². The molecule has 0 radical (unpaired) electrons. The van der Waals surface area contributed by atoms with Crippen LogP contribution in [0.15, 0.2) is 29.8 Å². The maximum Gasteiger partial charge on any atom is 0.226 e. The van der Waals surface area contributed by atoms with Crippen LogP contribution in [-0.4, -0.2) is 21.9 Å². The zero-order chi connectivity index (χ0) is 17.7. The van der Waals surface area contributed by atoms with Crippen LogP contribution in [-0.2, 0) is 11.2 Å². The zero-order valence-corrected chi connectivity index (χ0v) is 15.9. The number of nitrogens with one attached hydrogen (secondary N) is 1. The fourth-order valence-electron chi connectivity index (χ4n) is 4.83. The van der Waals surface area contributed by atoms with E-state index in [1.165, 1.54) is 12.8 Å². The largest absolute Gasteiger partial charge is 0.352 e. The molecule has 132 valence electrons. The number of thiazole rings is 1. The summed E-state index contributed by atoms with van der Waals surface area (Å²) < 4.78 is 0. The number of rotatable bonds is 4. The summed E-state index contributed by atoms with van der Waals surface area (Å²) in [6, 6.07) is 6.08. The number of carbonyl (C=O) groups is 1. The monoisotopic (exact) mass is 355 g/mol. The van der Waals surface area contributed by atoms with Gasteiger partial charge in [0.05, 0.1) is 17.8 Å². The highest BCUT2D eigenvalue weighted by molar-refractivity contribution is 7.13. The molecule has 0 saturated heterocycles. The Morgan fingerprint density at radius 3 is 2.84 bits per heavy atom. The normalized spacial score (nSPS) is 29.7. The molecule has 3 atom stereocenters. The summed E-state index contributed by atoms with van der Waals surface area (Å²) in [5.41, 5.74) is 2.23. The average Bonchev–Trinajstić information content (AvgIpc) is 3.18. The van der Waals surface area contributed by atoms with E-state index in [-0.39, 0.29) is 11.3 Å². The van der Waals surface area contributed by atoms with Gasteiger partial charge in [-0.05, 0) is 48.1 Å². The Kier molecular flexibility index (Phi) is 3.95. The van der Waals surface area contributed by atoms with Crippen molar-refractivity contribution in [1.82, 2.24) is 15.3 Å². The van der Waals surface area contributed by atoms with Crippen molar-refractivity contribution in [1.29, 1.82) is 0 Å². The number of nitrogens with zero attached hydrogens (tertiary/aromatic N) is 2. The number of aromatic nitrogens is 2. The molecule has 2 bridgehead atoms. The van der Waals surface area contributed by atoms with Gasteiger partial charge in [-0.1, -0.05) is 26.8 Å². The Labute approximate surface area is 153 Å². The second kappa shape index (κ2) is 5.90. The summed E-state index contributed by atoms with van der Waals surface area (Å²) in [5.74, 6) is 0.824. The SMILES string of the molecule is CC1(C)C2CCC1(C)C(NC(=O)Cc1csc(-c3ccccn3)n1)C2. The van der Waals surface area contributed by atoms with Crippen molar-refractivity contribution in [2.45, 2.75) is 52.5 Å². The molecule has 2 aliphatic carbocycles. The van der Waals surface area contributed by atoms with Gasteiger partial charge in [0.15, 0.2) is 0 Å². The third-order valence-electron chi connectivity index (χ3n) is 6.91. The summed E-state index contributed by atoms with van der Waals surface area (Å²) in [6.45, 7) is 7.10. The number of hydrogen-bond acceptors (Lipinski definition) is 4. The van der Waals surface area contributed by atoms with Gasteiger partial charge in [0.2, 0.25) is 5.91 Å². The topological polar surface area (TPSA) is 54.9 Å². The van der Waals surface area contributed by atoms with Crippen LogP contribution in [0.5, 0.6) is 0 Å². The van der Waals surface area contributed by atoms with E-state index in [1.54, 1.807) is 17.5 Å². The first-order chi connectivity index (χ1) is 11.9. The summed E-state index contributed by atoms with van der Waals surface area (Å²) in [7, 11) is 0. The first-order valence-electron chi connectivity index (χ1n) is 9.05. The maximum absolute atomic E-state index is 12.6. The van der Waals surface area contributed by atoms with E-state index in [0.29, 0.717) is 17.9 Å². The van der Waals surface area contributed by atoms with Crippen LogP contribution in [0.2, 0.25) is 0 Å². The lowest BCUT2D eigenvalue weighted by molar-refractivity contribution is -0.122. The van der Waals surface area contributed by atoms with Crippen LogP contribution in [0.1, 0.15) is 45.7 Å². The molecule has 5 heteroatoms. The molecule has 25 heavy (non-hydrogen) atoms. The van der Waals surface area contributed by atoms with E-state index in [1.807, 2.05) is 23.6 Å². The first kappa shape index (κ1) is 16.7. The predicted octanol–water partition coefficient (Wildman–Crippen LogP) is 4.08. The molecule has 2 aliphatic rings. The van der Waals surface area contributed by atoms with Gasteiger partial charge in [-0.25, -0.2) is 4.98 Å². The molecule has 2 fully saturated rings. The van der Waals surface area contributed by atoms with Crippen molar-refractivity contribution < 1.29 is 4.79 Å². The van der Waals surface area contributed by atoms with Crippen LogP contribution in [0.25, 0.3) is 10.7 Å². The minimum absolute atomic E-state index is 0.0902. The number of amides is 1. The molecule has 3 unspecified atom stereocenters. The summed E-state index contributed by atoms with van der Waals surface area (Å²) in [4.78, 5) is 21.5. The average molecular weight is 356 g/mol. The van der Waals surface area contributed by atoms with Gasteiger partial charge in [0.25, 0.3) is 0 Å². The highest BCUT2D eigenvalue weighted by Crippen LogP contribution is 2.65. The summed E-state index contributed by atoms with van der Waals surface area (Å²) in [6.07, 6.45) is 5.75. The lowest BCUT2D eigenvalue weighted by Crippen LogP contribution is -2.47. The van der Waals surface area contributed by atoms with Gasteiger partial charge < -0.3 is 5.32 Å². The molecule has 0 aliphatic heterocycles. The predicted molar refractivity (Wildman–Crippen MR) is 100 cm³/mol. The molecule has 2 heterocycles. The van der Waals surface area contributed by atoms with Gasteiger partial charge in [0, 0.05) is 17.6 Å². The van der Waals surface area contributed by atoms with Gasteiger partial charge >= 0.3 is 0 Å². The molecule has 2 aromatic rings. The molecule has 4 nitrogen and oxygen atoms in total. The Morgan fingerprint density at radius 1 is 1.36 bits per heavy atom. The van der Waals surface area contributed by atoms with Gasteiger partial charge in [-0.3, -0.25) is 9.78 Å². The van der Waals surface area contributed by atoms with Crippen molar-refractivity contribution in [3.63, 3.8) is 0 Å².